The standard InChI is InChI=1S/C21H22N2O5/c1-2-26-21(25)15-9-11-23(12-10-15)20(24)19-8-7-17(28-19)14-27-18-6-4-3-5-16(18)13-22/h3-8,15H,2,9-12,14H2,1H3. The lowest BCUT2D eigenvalue weighted by atomic mass is 9.97. The molecular formula is C21H22N2O5. The minimum absolute atomic E-state index is 0.122. The van der Waals surface area contributed by atoms with E-state index < -0.39 is 0 Å². The van der Waals surface area contributed by atoms with Gasteiger partial charge in [-0.05, 0) is 44.0 Å². The number of para-hydroxylation sites is 1. The molecule has 0 aliphatic carbocycles. The zero-order valence-electron chi connectivity index (χ0n) is 15.7. The molecule has 1 amide bonds. The summed E-state index contributed by atoms with van der Waals surface area (Å²) < 4.78 is 16.3. The molecule has 0 bridgehead atoms. The molecule has 146 valence electrons. The van der Waals surface area contributed by atoms with E-state index in [1.807, 2.05) is 0 Å². The second-order valence-electron chi connectivity index (χ2n) is 6.48. The minimum atomic E-state index is -0.203. The van der Waals surface area contributed by atoms with Crippen molar-refractivity contribution in [2.75, 3.05) is 19.7 Å². The summed E-state index contributed by atoms with van der Waals surface area (Å²) in [5.74, 6) is 0.662. The van der Waals surface area contributed by atoms with Gasteiger partial charge in [0.2, 0.25) is 0 Å². The van der Waals surface area contributed by atoms with Crippen LogP contribution in [0.1, 0.15) is 41.6 Å². The number of amides is 1. The van der Waals surface area contributed by atoms with Crippen LogP contribution in [-0.4, -0.2) is 36.5 Å². The molecule has 0 N–H and O–H groups in total. The maximum atomic E-state index is 12.6. The van der Waals surface area contributed by atoms with Gasteiger partial charge in [-0.15, -0.1) is 0 Å². The molecule has 1 aromatic heterocycles. The fraction of sp³-hybridized carbons (Fsp3) is 0.381. The molecule has 2 aromatic rings. The molecule has 1 aliphatic rings. The third-order valence-corrected chi connectivity index (χ3v) is 4.65. The average Bonchev–Trinajstić information content (AvgIpc) is 3.21. The predicted molar refractivity (Wildman–Crippen MR) is 99.5 cm³/mol. The lowest BCUT2D eigenvalue weighted by Crippen LogP contribution is -2.40. The first-order chi connectivity index (χ1) is 13.6. The first kappa shape index (κ1) is 19.5. The Morgan fingerprint density at radius 3 is 2.68 bits per heavy atom. The zero-order chi connectivity index (χ0) is 19.9. The highest BCUT2D eigenvalue weighted by molar-refractivity contribution is 5.91. The number of hydrogen-bond donors (Lipinski definition) is 0. The van der Waals surface area contributed by atoms with E-state index >= 15 is 0 Å². The summed E-state index contributed by atoms with van der Waals surface area (Å²) in [7, 11) is 0. The van der Waals surface area contributed by atoms with E-state index in [1.54, 1.807) is 48.2 Å². The number of piperidine rings is 1. The molecule has 7 nitrogen and oxygen atoms in total. The summed E-state index contributed by atoms with van der Waals surface area (Å²) in [4.78, 5) is 26.1. The van der Waals surface area contributed by atoms with E-state index in [-0.39, 0.29) is 30.2 Å². The predicted octanol–water partition coefficient (Wildman–Crippen LogP) is 3.15. The summed E-state index contributed by atoms with van der Waals surface area (Å²) in [6.07, 6.45) is 1.18. The van der Waals surface area contributed by atoms with E-state index in [2.05, 4.69) is 6.07 Å². The van der Waals surface area contributed by atoms with Crippen molar-refractivity contribution in [1.29, 1.82) is 5.26 Å². The number of rotatable bonds is 6. The van der Waals surface area contributed by atoms with Crippen LogP contribution in [-0.2, 0) is 16.1 Å². The molecule has 0 atom stereocenters. The number of hydrogen-bond acceptors (Lipinski definition) is 6. The third kappa shape index (κ3) is 4.52. The van der Waals surface area contributed by atoms with Gasteiger partial charge in [-0.3, -0.25) is 9.59 Å². The Labute approximate surface area is 163 Å². The second kappa shape index (κ2) is 9.09. The first-order valence-electron chi connectivity index (χ1n) is 9.29. The number of carbonyl (C=O) groups is 2. The highest BCUT2D eigenvalue weighted by Crippen LogP contribution is 2.22. The van der Waals surface area contributed by atoms with Crippen molar-refractivity contribution in [3.05, 3.63) is 53.5 Å². The van der Waals surface area contributed by atoms with Crippen LogP contribution in [0.3, 0.4) is 0 Å². The Balaban J connectivity index is 1.55. The monoisotopic (exact) mass is 382 g/mol. The van der Waals surface area contributed by atoms with Gasteiger partial charge in [0.15, 0.2) is 5.76 Å². The van der Waals surface area contributed by atoms with Crippen LogP contribution in [0.4, 0.5) is 0 Å². The van der Waals surface area contributed by atoms with Crippen molar-refractivity contribution in [1.82, 2.24) is 4.90 Å². The van der Waals surface area contributed by atoms with Crippen molar-refractivity contribution in [3.63, 3.8) is 0 Å². The Hall–Kier alpha value is -3.27. The summed E-state index contributed by atoms with van der Waals surface area (Å²) >= 11 is 0. The van der Waals surface area contributed by atoms with E-state index in [0.717, 1.165) is 0 Å². The van der Waals surface area contributed by atoms with Gasteiger partial charge < -0.3 is 18.8 Å². The summed E-state index contributed by atoms with van der Waals surface area (Å²) in [6.45, 7) is 3.26. The van der Waals surface area contributed by atoms with Crippen molar-refractivity contribution in [2.45, 2.75) is 26.4 Å². The van der Waals surface area contributed by atoms with Crippen LogP contribution in [0.15, 0.2) is 40.8 Å². The van der Waals surface area contributed by atoms with Gasteiger partial charge in [-0.2, -0.15) is 5.26 Å². The number of furan rings is 1. The summed E-state index contributed by atoms with van der Waals surface area (Å²) in [6, 6.07) is 12.3. The highest BCUT2D eigenvalue weighted by Gasteiger charge is 2.29. The fourth-order valence-corrected chi connectivity index (χ4v) is 3.14. The van der Waals surface area contributed by atoms with Crippen LogP contribution in [0, 0.1) is 17.2 Å². The topological polar surface area (TPSA) is 92.8 Å². The SMILES string of the molecule is CCOC(=O)C1CCN(C(=O)c2ccc(COc3ccccc3C#N)o2)CC1. The Morgan fingerprint density at radius 1 is 1.21 bits per heavy atom. The third-order valence-electron chi connectivity index (χ3n) is 4.65. The lowest BCUT2D eigenvalue weighted by molar-refractivity contribution is -0.149. The van der Waals surface area contributed by atoms with Crippen LogP contribution in [0.2, 0.25) is 0 Å². The van der Waals surface area contributed by atoms with Gasteiger partial charge in [0.1, 0.15) is 24.2 Å². The minimum Gasteiger partial charge on any atom is -0.484 e. The number of ether oxygens (including phenoxy) is 2. The largest absolute Gasteiger partial charge is 0.484 e. The number of nitriles is 1. The van der Waals surface area contributed by atoms with Crippen LogP contribution >= 0.6 is 0 Å². The fourth-order valence-electron chi connectivity index (χ4n) is 3.14. The molecule has 0 spiro atoms. The van der Waals surface area contributed by atoms with Gasteiger partial charge in [0, 0.05) is 13.1 Å². The molecule has 7 heteroatoms. The number of nitrogens with zero attached hydrogens (tertiary/aromatic N) is 2. The first-order valence-corrected chi connectivity index (χ1v) is 9.29. The summed E-state index contributed by atoms with van der Waals surface area (Å²) in [5.41, 5.74) is 0.440. The Kier molecular flexibility index (Phi) is 6.33. The number of likely N-dealkylation sites (tertiary alicyclic amines) is 1. The van der Waals surface area contributed by atoms with Crippen molar-refractivity contribution in [2.24, 2.45) is 5.92 Å². The molecule has 0 saturated carbocycles. The normalized spacial score (nSPS) is 14.4. The Morgan fingerprint density at radius 2 is 1.96 bits per heavy atom. The molecule has 2 heterocycles. The van der Waals surface area contributed by atoms with Crippen molar-refractivity contribution in [3.8, 4) is 11.8 Å². The quantitative estimate of drug-likeness (QED) is 0.713. The smallest absolute Gasteiger partial charge is 0.309 e. The van der Waals surface area contributed by atoms with Crippen molar-refractivity contribution < 1.29 is 23.5 Å². The zero-order valence-corrected chi connectivity index (χ0v) is 15.7. The van der Waals surface area contributed by atoms with Gasteiger partial charge >= 0.3 is 5.97 Å². The molecule has 28 heavy (non-hydrogen) atoms. The average molecular weight is 382 g/mol. The van der Waals surface area contributed by atoms with Gasteiger partial charge in [-0.25, -0.2) is 0 Å². The number of esters is 1. The van der Waals surface area contributed by atoms with E-state index in [1.165, 1.54) is 0 Å². The molecule has 1 aliphatic heterocycles. The molecule has 1 aromatic carbocycles. The molecule has 0 unspecified atom stereocenters. The van der Waals surface area contributed by atoms with Crippen LogP contribution < -0.4 is 4.74 Å². The second-order valence-corrected chi connectivity index (χ2v) is 6.48. The number of carbonyl (C=O) groups excluding carboxylic acids is 2. The Bertz CT molecular complexity index is 875. The van der Waals surface area contributed by atoms with Gasteiger partial charge in [0.05, 0.1) is 18.1 Å². The number of benzene rings is 1. The van der Waals surface area contributed by atoms with E-state index in [9.17, 15) is 9.59 Å². The van der Waals surface area contributed by atoms with E-state index in [4.69, 9.17) is 19.2 Å². The van der Waals surface area contributed by atoms with E-state index in [0.29, 0.717) is 49.6 Å². The maximum absolute atomic E-state index is 12.6. The molecule has 0 radical (unpaired) electrons. The van der Waals surface area contributed by atoms with Gasteiger partial charge in [0.25, 0.3) is 5.91 Å². The van der Waals surface area contributed by atoms with Gasteiger partial charge in [-0.1, -0.05) is 12.1 Å². The highest BCUT2D eigenvalue weighted by atomic mass is 16.5. The van der Waals surface area contributed by atoms with Crippen LogP contribution in [0.25, 0.3) is 0 Å². The molecule has 1 fully saturated rings. The van der Waals surface area contributed by atoms with Crippen LogP contribution in [0.5, 0.6) is 5.75 Å². The molecule has 1 saturated heterocycles. The molecule has 3 rings (SSSR count). The molecular weight excluding hydrogens is 360 g/mol. The maximum Gasteiger partial charge on any atom is 0.309 e. The van der Waals surface area contributed by atoms with Crippen molar-refractivity contribution >= 4 is 11.9 Å². The summed E-state index contributed by atoms with van der Waals surface area (Å²) in [5, 5.41) is 9.09. The lowest BCUT2D eigenvalue weighted by Gasteiger charge is -2.30.